The van der Waals surface area contributed by atoms with Crippen molar-refractivity contribution in [3.63, 3.8) is 0 Å². The van der Waals surface area contributed by atoms with E-state index in [1.807, 2.05) is 32.9 Å². The van der Waals surface area contributed by atoms with Crippen LogP contribution in [0.2, 0.25) is 0 Å². The number of aryl methyl sites for hydroxylation is 3. The molecule has 0 atom stereocenters. The van der Waals surface area contributed by atoms with Gasteiger partial charge in [-0.1, -0.05) is 0 Å². The van der Waals surface area contributed by atoms with E-state index >= 15 is 0 Å². The number of carbonyl (C=O) groups excluding carboxylic acids is 1. The predicted octanol–water partition coefficient (Wildman–Crippen LogP) is 2.95. The molecule has 4 heteroatoms. The number of H-pyrrole nitrogens is 1. The minimum atomic E-state index is -0.0944. The molecule has 118 valence electrons. The maximum absolute atomic E-state index is 12.2. The van der Waals surface area contributed by atoms with Crippen molar-refractivity contribution >= 4 is 16.8 Å². The Morgan fingerprint density at radius 2 is 1.73 bits per heavy atom. The lowest BCUT2D eigenvalue weighted by atomic mass is 10.0. The van der Waals surface area contributed by atoms with Gasteiger partial charge in [0.25, 0.3) is 5.56 Å². The minimum Gasteiger partial charge on any atom is -0.343 e. The molecule has 0 aliphatic heterocycles. The van der Waals surface area contributed by atoms with Crippen LogP contribution >= 0.6 is 0 Å². The van der Waals surface area contributed by atoms with Crippen LogP contribution in [0.3, 0.4) is 0 Å². The lowest BCUT2D eigenvalue weighted by Crippen LogP contribution is -2.31. The summed E-state index contributed by atoms with van der Waals surface area (Å²) in [5, 5.41) is 1.02. The third kappa shape index (κ3) is 3.38. The maximum atomic E-state index is 12.2. The van der Waals surface area contributed by atoms with E-state index in [0.29, 0.717) is 31.5 Å². The first kappa shape index (κ1) is 16.3. The highest BCUT2D eigenvalue weighted by molar-refractivity contribution is 5.81. The summed E-state index contributed by atoms with van der Waals surface area (Å²) in [5.74, 6) is 0.101. The first-order chi connectivity index (χ1) is 10.5. The van der Waals surface area contributed by atoms with Gasteiger partial charge in [-0.15, -0.1) is 0 Å². The molecule has 22 heavy (non-hydrogen) atoms. The summed E-state index contributed by atoms with van der Waals surface area (Å²) in [6, 6.07) is 5.99. The van der Waals surface area contributed by atoms with Gasteiger partial charge < -0.3 is 9.88 Å². The minimum absolute atomic E-state index is 0.0944. The van der Waals surface area contributed by atoms with E-state index in [1.54, 1.807) is 4.90 Å². The fourth-order valence-corrected chi connectivity index (χ4v) is 2.68. The Morgan fingerprint density at radius 3 is 2.36 bits per heavy atom. The molecule has 1 aromatic heterocycles. The number of nitrogens with one attached hydrogen (secondary N) is 1. The number of fused-ring (bicyclic) bond motifs is 1. The Labute approximate surface area is 131 Å². The van der Waals surface area contributed by atoms with Gasteiger partial charge in [-0.2, -0.15) is 0 Å². The second-order valence-corrected chi connectivity index (χ2v) is 5.71. The molecule has 1 N–H and O–H groups in total. The standard InChI is InChI=1S/C18H24N2O2/c1-5-20(6-2)17(21)8-7-14-11-15-9-12(3)13(4)10-16(15)19-18(14)22/h9-11H,5-8H2,1-4H3,(H,19,22). The molecule has 4 nitrogen and oxygen atoms in total. The van der Waals surface area contributed by atoms with Crippen molar-refractivity contribution in [3.8, 4) is 0 Å². The van der Waals surface area contributed by atoms with E-state index in [4.69, 9.17) is 0 Å². The Balaban J connectivity index is 2.25. The summed E-state index contributed by atoms with van der Waals surface area (Å²) < 4.78 is 0. The summed E-state index contributed by atoms with van der Waals surface area (Å²) in [4.78, 5) is 29.0. The second kappa shape index (κ2) is 6.77. The molecular weight excluding hydrogens is 276 g/mol. The number of hydrogen-bond donors (Lipinski definition) is 1. The van der Waals surface area contributed by atoms with Gasteiger partial charge in [-0.25, -0.2) is 0 Å². The number of benzene rings is 1. The number of carbonyl (C=O) groups is 1. The second-order valence-electron chi connectivity index (χ2n) is 5.71. The number of aromatic amines is 1. The third-order valence-corrected chi connectivity index (χ3v) is 4.26. The SMILES string of the molecule is CCN(CC)C(=O)CCc1cc2cc(C)c(C)cc2[nH]c1=O. The fraction of sp³-hybridized carbons (Fsp3) is 0.444. The molecule has 0 bridgehead atoms. The molecule has 0 unspecified atom stereocenters. The van der Waals surface area contributed by atoms with Crippen LogP contribution in [-0.2, 0) is 11.2 Å². The molecule has 0 aliphatic carbocycles. The molecule has 1 aromatic carbocycles. The van der Waals surface area contributed by atoms with Crippen molar-refractivity contribution in [2.75, 3.05) is 13.1 Å². The van der Waals surface area contributed by atoms with Gasteiger partial charge in [0, 0.05) is 30.6 Å². The average molecular weight is 300 g/mol. The zero-order valence-electron chi connectivity index (χ0n) is 13.8. The number of rotatable bonds is 5. The quantitative estimate of drug-likeness (QED) is 0.923. The molecule has 0 saturated carbocycles. The molecule has 2 rings (SSSR count). The number of hydrogen-bond acceptors (Lipinski definition) is 2. The van der Waals surface area contributed by atoms with Crippen LogP contribution in [0.1, 0.15) is 37.0 Å². The predicted molar refractivity (Wildman–Crippen MR) is 90.3 cm³/mol. The lowest BCUT2D eigenvalue weighted by molar-refractivity contribution is -0.130. The van der Waals surface area contributed by atoms with Crippen molar-refractivity contribution in [2.45, 2.75) is 40.5 Å². The molecule has 0 radical (unpaired) electrons. The van der Waals surface area contributed by atoms with Crippen LogP contribution in [0.4, 0.5) is 0 Å². The Bertz CT molecular complexity index is 743. The molecule has 0 aliphatic rings. The summed E-state index contributed by atoms with van der Waals surface area (Å²) in [5.41, 5.74) is 3.80. The van der Waals surface area contributed by atoms with Gasteiger partial charge >= 0.3 is 0 Å². The van der Waals surface area contributed by atoms with Crippen LogP contribution in [0, 0.1) is 13.8 Å². The first-order valence-corrected chi connectivity index (χ1v) is 7.87. The average Bonchev–Trinajstić information content (AvgIpc) is 2.48. The zero-order valence-corrected chi connectivity index (χ0v) is 13.8. The van der Waals surface area contributed by atoms with E-state index in [-0.39, 0.29) is 11.5 Å². The normalized spacial score (nSPS) is 10.9. The number of nitrogens with zero attached hydrogens (tertiary/aromatic N) is 1. The molecule has 0 saturated heterocycles. The molecular formula is C18H24N2O2. The van der Waals surface area contributed by atoms with Gasteiger partial charge in [-0.05, 0) is 68.8 Å². The summed E-state index contributed by atoms with van der Waals surface area (Å²) in [7, 11) is 0. The van der Waals surface area contributed by atoms with E-state index in [0.717, 1.165) is 16.5 Å². The topological polar surface area (TPSA) is 53.2 Å². The van der Waals surface area contributed by atoms with Crippen LogP contribution in [0.15, 0.2) is 23.0 Å². The number of aromatic nitrogens is 1. The molecule has 1 amide bonds. The largest absolute Gasteiger partial charge is 0.343 e. The van der Waals surface area contributed by atoms with E-state index < -0.39 is 0 Å². The third-order valence-electron chi connectivity index (χ3n) is 4.26. The zero-order chi connectivity index (χ0) is 16.3. The van der Waals surface area contributed by atoms with Gasteiger partial charge in [-0.3, -0.25) is 9.59 Å². The van der Waals surface area contributed by atoms with Crippen LogP contribution < -0.4 is 5.56 Å². The van der Waals surface area contributed by atoms with Gasteiger partial charge in [0.05, 0.1) is 0 Å². The molecule has 2 aromatic rings. The van der Waals surface area contributed by atoms with Crippen LogP contribution in [-0.4, -0.2) is 28.9 Å². The van der Waals surface area contributed by atoms with E-state index in [2.05, 4.69) is 18.0 Å². The Morgan fingerprint density at radius 1 is 1.09 bits per heavy atom. The lowest BCUT2D eigenvalue weighted by Gasteiger charge is -2.18. The monoisotopic (exact) mass is 300 g/mol. The van der Waals surface area contributed by atoms with Gasteiger partial charge in [0.1, 0.15) is 0 Å². The Kier molecular flexibility index (Phi) is 5.01. The van der Waals surface area contributed by atoms with E-state index in [1.165, 1.54) is 5.56 Å². The first-order valence-electron chi connectivity index (χ1n) is 7.87. The molecule has 0 spiro atoms. The fourth-order valence-electron chi connectivity index (χ4n) is 2.68. The van der Waals surface area contributed by atoms with Crippen molar-refractivity contribution in [3.05, 3.63) is 45.2 Å². The van der Waals surface area contributed by atoms with E-state index in [9.17, 15) is 9.59 Å². The Hall–Kier alpha value is -2.10. The van der Waals surface area contributed by atoms with Crippen molar-refractivity contribution < 1.29 is 4.79 Å². The molecule has 0 fully saturated rings. The summed E-state index contributed by atoms with van der Waals surface area (Å²) >= 11 is 0. The highest BCUT2D eigenvalue weighted by atomic mass is 16.2. The van der Waals surface area contributed by atoms with Gasteiger partial charge in [0.15, 0.2) is 0 Å². The van der Waals surface area contributed by atoms with Crippen LogP contribution in [0.5, 0.6) is 0 Å². The number of amides is 1. The molecule has 1 heterocycles. The van der Waals surface area contributed by atoms with Gasteiger partial charge in [0.2, 0.25) is 5.91 Å². The van der Waals surface area contributed by atoms with Crippen LogP contribution in [0.25, 0.3) is 10.9 Å². The van der Waals surface area contributed by atoms with Crippen molar-refractivity contribution in [1.29, 1.82) is 0 Å². The summed E-state index contributed by atoms with van der Waals surface area (Å²) in [6.07, 6.45) is 0.856. The summed E-state index contributed by atoms with van der Waals surface area (Å²) in [6.45, 7) is 9.45. The number of pyridine rings is 1. The maximum Gasteiger partial charge on any atom is 0.251 e. The highest BCUT2D eigenvalue weighted by Gasteiger charge is 2.11. The van der Waals surface area contributed by atoms with Crippen molar-refractivity contribution in [2.24, 2.45) is 0 Å². The highest BCUT2D eigenvalue weighted by Crippen LogP contribution is 2.17. The van der Waals surface area contributed by atoms with Crippen molar-refractivity contribution in [1.82, 2.24) is 9.88 Å². The smallest absolute Gasteiger partial charge is 0.251 e.